The van der Waals surface area contributed by atoms with Gasteiger partial charge in [-0.25, -0.2) is 9.59 Å². The zero-order valence-corrected chi connectivity index (χ0v) is 19.1. The fraction of sp³-hybridized carbons (Fsp3) is 0.269. The number of carboxylic acids is 1. The lowest BCUT2D eigenvalue weighted by Gasteiger charge is -2.23. The van der Waals surface area contributed by atoms with E-state index in [9.17, 15) is 24.6 Å². The van der Waals surface area contributed by atoms with E-state index >= 15 is 0 Å². The Kier molecular flexibility index (Phi) is 7.17. The van der Waals surface area contributed by atoms with Gasteiger partial charge in [0.2, 0.25) is 5.91 Å². The fourth-order valence-corrected chi connectivity index (χ4v) is 4.35. The number of H-pyrrole nitrogens is 1. The Morgan fingerprint density at radius 3 is 2.14 bits per heavy atom. The van der Waals surface area contributed by atoms with Gasteiger partial charge >= 0.3 is 12.1 Å². The van der Waals surface area contributed by atoms with Crippen molar-refractivity contribution < 1.29 is 29.3 Å². The highest BCUT2D eigenvalue weighted by atomic mass is 16.5. The predicted molar refractivity (Wildman–Crippen MR) is 128 cm³/mol. The predicted octanol–water partition coefficient (Wildman–Crippen LogP) is 2.41. The molecular weight excluding hydrogens is 450 g/mol. The number of carbonyl (C=O) groups is 3. The molecule has 9 nitrogen and oxygen atoms in total. The summed E-state index contributed by atoms with van der Waals surface area (Å²) in [5, 5.41) is 23.8. The molecule has 9 heteroatoms. The van der Waals surface area contributed by atoms with Crippen LogP contribution in [0.15, 0.2) is 66.9 Å². The van der Waals surface area contributed by atoms with E-state index in [1.807, 2.05) is 48.5 Å². The van der Waals surface area contributed by atoms with E-state index in [4.69, 9.17) is 4.74 Å². The smallest absolute Gasteiger partial charge is 0.407 e. The van der Waals surface area contributed by atoms with Crippen LogP contribution in [-0.2, 0) is 20.7 Å². The summed E-state index contributed by atoms with van der Waals surface area (Å²) in [6.45, 7) is 1.33. The third kappa shape index (κ3) is 5.36. The number of nitrogens with one attached hydrogen (secondary N) is 3. The van der Waals surface area contributed by atoms with Gasteiger partial charge in [0.15, 0.2) is 6.04 Å². The summed E-state index contributed by atoms with van der Waals surface area (Å²) < 4.78 is 5.53. The molecule has 0 saturated heterocycles. The van der Waals surface area contributed by atoms with Gasteiger partial charge in [0.05, 0.1) is 6.10 Å². The molecule has 0 aliphatic heterocycles. The Balaban J connectivity index is 1.45. The fourth-order valence-electron chi connectivity index (χ4n) is 4.35. The summed E-state index contributed by atoms with van der Waals surface area (Å²) in [5.41, 5.74) is 4.97. The van der Waals surface area contributed by atoms with E-state index in [1.54, 1.807) is 18.3 Å². The van der Waals surface area contributed by atoms with Gasteiger partial charge in [-0.2, -0.15) is 0 Å². The number of carboxylic acid groups (broad SMARTS) is 1. The van der Waals surface area contributed by atoms with Crippen molar-refractivity contribution >= 4 is 18.0 Å². The van der Waals surface area contributed by atoms with Crippen molar-refractivity contribution in [3.8, 4) is 11.1 Å². The highest BCUT2D eigenvalue weighted by Crippen LogP contribution is 2.44. The molecule has 3 aromatic rings. The number of alkyl carbamates (subject to hydrolysis) is 1. The number of ether oxygens (including phenoxy) is 1. The van der Waals surface area contributed by atoms with Crippen LogP contribution < -0.4 is 10.6 Å². The number of rotatable bonds is 9. The van der Waals surface area contributed by atoms with Crippen molar-refractivity contribution in [1.29, 1.82) is 0 Å². The first kappa shape index (κ1) is 24.0. The summed E-state index contributed by atoms with van der Waals surface area (Å²) in [7, 11) is 0. The van der Waals surface area contributed by atoms with Crippen LogP contribution in [0, 0.1) is 0 Å². The van der Waals surface area contributed by atoms with Gasteiger partial charge < -0.3 is 30.6 Å². The van der Waals surface area contributed by atoms with E-state index in [0.29, 0.717) is 5.69 Å². The Hall–Kier alpha value is -4.11. The van der Waals surface area contributed by atoms with Crippen LogP contribution in [0.5, 0.6) is 0 Å². The highest BCUT2D eigenvalue weighted by molar-refractivity contribution is 5.89. The molecule has 0 radical (unpaired) electrons. The molecule has 3 atom stereocenters. The van der Waals surface area contributed by atoms with E-state index < -0.39 is 36.2 Å². The molecule has 0 fully saturated rings. The zero-order chi connectivity index (χ0) is 24.9. The third-order valence-corrected chi connectivity index (χ3v) is 6.08. The van der Waals surface area contributed by atoms with E-state index in [2.05, 4.69) is 15.6 Å². The Bertz CT molecular complexity index is 1160. The molecule has 182 valence electrons. The minimum atomic E-state index is -1.52. The molecule has 1 aliphatic carbocycles. The van der Waals surface area contributed by atoms with Gasteiger partial charge in [-0.1, -0.05) is 48.5 Å². The number of carbonyl (C=O) groups excluding carboxylic acids is 2. The highest BCUT2D eigenvalue weighted by Gasteiger charge is 2.32. The van der Waals surface area contributed by atoms with Crippen molar-refractivity contribution in [2.45, 2.75) is 37.5 Å². The Labute approximate surface area is 202 Å². The van der Waals surface area contributed by atoms with Gasteiger partial charge in [-0.3, -0.25) is 4.79 Å². The molecule has 35 heavy (non-hydrogen) atoms. The second-order valence-corrected chi connectivity index (χ2v) is 8.49. The van der Waals surface area contributed by atoms with Crippen molar-refractivity contribution in [3.05, 3.63) is 83.7 Å². The number of aromatic nitrogens is 1. The normalized spacial score (nSPS) is 14.8. The number of aromatic amines is 1. The van der Waals surface area contributed by atoms with Gasteiger partial charge in [0.1, 0.15) is 12.6 Å². The van der Waals surface area contributed by atoms with Crippen LogP contribution >= 0.6 is 0 Å². The molecule has 4 rings (SSSR count). The molecule has 5 N–H and O–H groups in total. The molecule has 1 heterocycles. The monoisotopic (exact) mass is 477 g/mol. The van der Waals surface area contributed by atoms with Crippen LogP contribution in [0.4, 0.5) is 4.79 Å². The summed E-state index contributed by atoms with van der Waals surface area (Å²) in [6.07, 6.45) is -0.373. The molecule has 2 amide bonds. The average molecular weight is 478 g/mol. The first-order valence-corrected chi connectivity index (χ1v) is 11.3. The van der Waals surface area contributed by atoms with Crippen molar-refractivity contribution in [3.63, 3.8) is 0 Å². The summed E-state index contributed by atoms with van der Waals surface area (Å²) in [5.74, 6) is -2.27. The molecule has 2 aromatic carbocycles. The molecule has 1 aliphatic rings. The third-order valence-electron chi connectivity index (χ3n) is 6.08. The maximum atomic E-state index is 12.8. The first-order chi connectivity index (χ1) is 16.8. The van der Waals surface area contributed by atoms with Crippen LogP contribution in [0.3, 0.4) is 0 Å². The number of hydrogen-bond donors (Lipinski definition) is 5. The molecule has 0 spiro atoms. The summed E-state index contributed by atoms with van der Waals surface area (Å²) in [4.78, 5) is 39.9. The van der Waals surface area contributed by atoms with E-state index in [1.165, 1.54) is 6.92 Å². The molecule has 0 bridgehead atoms. The minimum absolute atomic E-state index is 0.0716. The quantitative estimate of drug-likeness (QED) is 0.321. The second kappa shape index (κ2) is 10.4. The summed E-state index contributed by atoms with van der Waals surface area (Å²) in [6, 6.07) is 16.7. The average Bonchev–Trinajstić information content (AvgIpc) is 3.46. The van der Waals surface area contributed by atoms with Crippen molar-refractivity contribution in [1.82, 2.24) is 15.6 Å². The first-order valence-electron chi connectivity index (χ1n) is 11.3. The number of aliphatic hydroxyl groups is 1. The Morgan fingerprint density at radius 2 is 1.60 bits per heavy atom. The number of aliphatic carboxylic acids is 1. The van der Waals surface area contributed by atoms with Crippen LogP contribution in [-0.4, -0.2) is 58.0 Å². The zero-order valence-electron chi connectivity index (χ0n) is 19.1. The largest absolute Gasteiger partial charge is 0.480 e. The van der Waals surface area contributed by atoms with Gasteiger partial charge in [0.25, 0.3) is 0 Å². The maximum absolute atomic E-state index is 12.8. The lowest BCUT2D eigenvalue weighted by Crippen LogP contribution is -2.55. The van der Waals surface area contributed by atoms with Crippen LogP contribution in [0.1, 0.15) is 29.7 Å². The number of benzene rings is 2. The number of aliphatic hydroxyl groups excluding tert-OH is 1. The number of amides is 2. The van der Waals surface area contributed by atoms with Gasteiger partial charge in [-0.05, 0) is 41.3 Å². The Morgan fingerprint density at radius 1 is 0.971 bits per heavy atom. The van der Waals surface area contributed by atoms with Gasteiger partial charge in [0, 0.05) is 24.2 Å². The van der Waals surface area contributed by atoms with E-state index in [0.717, 1.165) is 22.3 Å². The van der Waals surface area contributed by atoms with E-state index in [-0.39, 0.29) is 18.9 Å². The topological polar surface area (TPSA) is 141 Å². The van der Waals surface area contributed by atoms with Gasteiger partial charge in [-0.15, -0.1) is 0 Å². The molecule has 1 aromatic heterocycles. The molecular formula is C26H27N3O6. The summed E-state index contributed by atoms with van der Waals surface area (Å²) >= 11 is 0. The number of hydrogen-bond acceptors (Lipinski definition) is 5. The second-order valence-electron chi connectivity index (χ2n) is 8.49. The molecule has 3 unspecified atom stereocenters. The molecule has 0 saturated carbocycles. The minimum Gasteiger partial charge on any atom is -0.480 e. The lowest BCUT2D eigenvalue weighted by atomic mass is 9.98. The standard InChI is InChI=1S/C26H27N3O6/c1-15(30)23(25(32)33)29-24(31)22(13-16-7-6-12-27-16)28-26(34)35-14-21-19-10-4-2-8-17(19)18-9-3-5-11-20(18)21/h2-12,15,21-23,27,30H,13-14H2,1H3,(H,28,34)(H,29,31)(H,32,33). The lowest BCUT2D eigenvalue weighted by molar-refractivity contribution is -0.145. The number of fused-ring (bicyclic) bond motifs is 3. The van der Waals surface area contributed by atoms with Crippen molar-refractivity contribution in [2.75, 3.05) is 6.61 Å². The maximum Gasteiger partial charge on any atom is 0.407 e. The SMILES string of the molecule is CC(O)C(NC(=O)C(Cc1ccc[nH]1)NC(=O)OCC1c2ccccc2-c2ccccc21)C(=O)O. The van der Waals surface area contributed by atoms with Crippen molar-refractivity contribution in [2.24, 2.45) is 0 Å². The van der Waals surface area contributed by atoms with Crippen LogP contribution in [0.25, 0.3) is 11.1 Å². The van der Waals surface area contributed by atoms with Crippen LogP contribution in [0.2, 0.25) is 0 Å².